The lowest BCUT2D eigenvalue weighted by Crippen LogP contribution is -2.49. The van der Waals surface area contributed by atoms with Gasteiger partial charge in [0.05, 0.1) is 20.3 Å². The van der Waals surface area contributed by atoms with Crippen molar-refractivity contribution in [3.63, 3.8) is 0 Å². The lowest BCUT2D eigenvalue weighted by Gasteiger charge is -2.38. The topological polar surface area (TPSA) is 57.2 Å². The Morgan fingerprint density at radius 2 is 1.81 bits per heavy atom. The first-order chi connectivity index (χ1) is 13.1. The third-order valence-corrected chi connectivity index (χ3v) is 5.25. The predicted octanol–water partition coefficient (Wildman–Crippen LogP) is 2.99. The van der Waals surface area contributed by atoms with Crippen LogP contribution in [0.3, 0.4) is 0 Å². The number of carbonyl (C=O) groups is 1. The lowest BCUT2D eigenvalue weighted by molar-refractivity contribution is -0.143. The lowest BCUT2D eigenvalue weighted by atomic mass is 9.92. The van der Waals surface area contributed by atoms with Gasteiger partial charge in [-0.05, 0) is 48.7 Å². The van der Waals surface area contributed by atoms with Crippen molar-refractivity contribution < 1.29 is 23.7 Å². The molecule has 0 bridgehead atoms. The van der Waals surface area contributed by atoms with E-state index in [1.54, 1.807) is 14.2 Å². The van der Waals surface area contributed by atoms with Gasteiger partial charge in [-0.3, -0.25) is 4.79 Å². The SMILES string of the molecule is COc1cc2c(cc1OC)[C@H](C)N(C(=O)[C@H]1COc3ccccc3O1)CC2. The van der Waals surface area contributed by atoms with Gasteiger partial charge < -0.3 is 23.8 Å². The number of amides is 1. The molecule has 6 heteroatoms. The fourth-order valence-electron chi connectivity index (χ4n) is 3.77. The number of rotatable bonds is 3. The standard InChI is InChI=1S/C21H23NO5/c1-13-15-11-19(25-3)18(24-2)10-14(15)8-9-22(13)21(23)20-12-26-16-6-4-5-7-17(16)27-20/h4-7,10-11,13,20H,8-9,12H2,1-3H3/t13-,20+/m0/s1. The van der Waals surface area contributed by atoms with Crippen LogP contribution in [0.4, 0.5) is 0 Å². The minimum Gasteiger partial charge on any atom is -0.493 e. The molecular weight excluding hydrogens is 346 g/mol. The number of carbonyl (C=O) groups excluding carboxylic acids is 1. The Morgan fingerprint density at radius 1 is 1.11 bits per heavy atom. The average molecular weight is 369 g/mol. The number of nitrogens with zero attached hydrogens (tertiary/aromatic N) is 1. The minimum atomic E-state index is -0.635. The van der Waals surface area contributed by atoms with Crippen LogP contribution in [0.5, 0.6) is 23.0 Å². The monoisotopic (exact) mass is 369 g/mol. The largest absolute Gasteiger partial charge is 0.493 e. The van der Waals surface area contributed by atoms with Gasteiger partial charge >= 0.3 is 0 Å². The van der Waals surface area contributed by atoms with E-state index < -0.39 is 6.10 Å². The molecule has 0 fully saturated rings. The summed E-state index contributed by atoms with van der Waals surface area (Å²) in [6.45, 7) is 2.88. The first kappa shape index (κ1) is 17.5. The molecule has 0 unspecified atom stereocenters. The van der Waals surface area contributed by atoms with E-state index >= 15 is 0 Å². The van der Waals surface area contributed by atoms with Gasteiger partial charge in [0.15, 0.2) is 23.0 Å². The Balaban J connectivity index is 1.57. The second-order valence-corrected chi connectivity index (χ2v) is 6.73. The first-order valence-electron chi connectivity index (χ1n) is 9.06. The van der Waals surface area contributed by atoms with Crippen LogP contribution in [0, 0.1) is 0 Å². The smallest absolute Gasteiger partial charge is 0.267 e. The Morgan fingerprint density at radius 3 is 2.56 bits per heavy atom. The zero-order chi connectivity index (χ0) is 19.0. The van der Waals surface area contributed by atoms with Crippen molar-refractivity contribution in [2.75, 3.05) is 27.4 Å². The predicted molar refractivity (Wildman–Crippen MR) is 99.7 cm³/mol. The Bertz CT molecular complexity index is 866. The Labute approximate surface area is 158 Å². The second kappa shape index (κ2) is 7.02. The molecule has 0 aliphatic carbocycles. The molecule has 0 spiro atoms. The van der Waals surface area contributed by atoms with Crippen LogP contribution in [0.15, 0.2) is 36.4 Å². The van der Waals surface area contributed by atoms with Crippen LogP contribution >= 0.6 is 0 Å². The van der Waals surface area contributed by atoms with Gasteiger partial charge in [-0.25, -0.2) is 0 Å². The fraction of sp³-hybridized carbons (Fsp3) is 0.381. The van der Waals surface area contributed by atoms with E-state index in [0.717, 1.165) is 12.0 Å². The molecule has 1 amide bonds. The van der Waals surface area contributed by atoms with Gasteiger partial charge in [-0.2, -0.15) is 0 Å². The molecule has 6 nitrogen and oxygen atoms in total. The highest BCUT2D eigenvalue weighted by Crippen LogP contribution is 2.39. The molecule has 2 atom stereocenters. The quantitative estimate of drug-likeness (QED) is 0.833. The number of ether oxygens (including phenoxy) is 4. The number of methoxy groups -OCH3 is 2. The van der Waals surface area contributed by atoms with Crippen molar-refractivity contribution in [2.24, 2.45) is 0 Å². The number of hydrogen-bond acceptors (Lipinski definition) is 5. The molecule has 2 aromatic carbocycles. The molecule has 0 saturated heterocycles. The van der Waals surface area contributed by atoms with E-state index in [0.29, 0.717) is 29.5 Å². The van der Waals surface area contributed by atoms with Crippen LogP contribution in [-0.2, 0) is 11.2 Å². The van der Waals surface area contributed by atoms with Gasteiger partial charge in [-0.15, -0.1) is 0 Å². The van der Waals surface area contributed by atoms with Crippen molar-refractivity contribution >= 4 is 5.91 Å². The molecule has 4 rings (SSSR count). The first-order valence-corrected chi connectivity index (χ1v) is 9.06. The summed E-state index contributed by atoms with van der Waals surface area (Å²) >= 11 is 0. The normalized spacial score (nSPS) is 20.6. The summed E-state index contributed by atoms with van der Waals surface area (Å²) in [5.74, 6) is 2.61. The molecule has 2 aliphatic rings. The summed E-state index contributed by atoms with van der Waals surface area (Å²) in [7, 11) is 3.25. The van der Waals surface area contributed by atoms with E-state index in [9.17, 15) is 4.79 Å². The molecule has 2 aliphatic heterocycles. The third kappa shape index (κ3) is 3.05. The summed E-state index contributed by atoms with van der Waals surface area (Å²) in [5, 5.41) is 0. The van der Waals surface area contributed by atoms with Crippen LogP contribution in [0.25, 0.3) is 0 Å². The molecular formula is C21H23NO5. The number of fused-ring (bicyclic) bond motifs is 2. The summed E-state index contributed by atoms with van der Waals surface area (Å²) in [6.07, 6.45) is 0.125. The number of hydrogen-bond donors (Lipinski definition) is 0. The van der Waals surface area contributed by atoms with Gasteiger partial charge in [0.25, 0.3) is 5.91 Å². The van der Waals surface area contributed by atoms with E-state index in [-0.39, 0.29) is 18.6 Å². The Kier molecular flexibility index (Phi) is 4.56. The van der Waals surface area contributed by atoms with Gasteiger partial charge in [-0.1, -0.05) is 12.1 Å². The zero-order valence-corrected chi connectivity index (χ0v) is 15.7. The van der Waals surface area contributed by atoms with E-state index in [4.69, 9.17) is 18.9 Å². The molecule has 142 valence electrons. The molecule has 2 heterocycles. The highest BCUT2D eigenvalue weighted by Gasteiger charge is 2.36. The summed E-state index contributed by atoms with van der Waals surface area (Å²) in [5.41, 5.74) is 2.25. The molecule has 0 N–H and O–H groups in total. The number of para-hydroxylation sites is 2. The molecule has 0 aromatic heterocycles. The Hall–Kier alpha value is -2.89. The van der Waals surface area contributed by atoms with Crippen LogP contribution in [-0.4, -0.2) is 44.3 Å². The maximum absolute atomic E-state index is 13.1. The van der Waals surface area contributed by atoms with Crippen LogP contribution in [0.1, 0.15) is 24.1 Å². The summed E-state index contributed by atoms with van der Waals surface area (Å²) in [6, 6.07) is 11.3. The summed E-state index contributed by atoms with van der Waals surface area (Å²) in [4.78, 5) is 15.0. The molecule has 0 radical (unpaired) electrons. The van der Waals surface area contributed by atoms with Crippen molar-refractivity contribution in [1.29, 1.82) is 0 Å². The van der Waals surface area contributed by atoms with Gasteiger partial charge in [0.2, 0.25) is 6.10 Å². The highest BCUT2D eigenvalue weighted by molar-refractivity contribution is 5.82. The van der Waals surface area contributed by atoms with Crippen LogP contribution in [0.2, 0.25) is 0 Å². The zero-order valence-electron chi connectivity index (χ0n) is 15.7. The third-order valence-electron chi connectivity index (χ3n) is 5.25. The fourth-order valence-corrected chi connectivity index (χ4v) is 3.77. The van der Waals surface area contributed by atoms with Crippen molar-refractivity contribution in [3.05, 3.63) is 47.5 Å². The summed E-state index contributed by atoms with van der Waals surface area (Å²) < 4.78 is 22.4. The van der Waals surface area contributed by atoms with Crippen molar-refractivity contribution in [3.8, 4) is 23.0 Å². The van der Waals surface area contributed by atoms with Gasteiger partial charge in [0.1, 0.15) is 6.61 Å². The van der Waals surface area contributed by atoms with Crippen LogP contribution < -0.4 is 18.9 Å². The van der Waals surface area contributed by atoms with E-state index in [1.165, 1.54) is 5.56 Å². The second-order valence-electron chi connectivity index (χ2n) is 6.73. The van der Waals surface area contributed by atoms with E-state index in [2.05, 4.69) is 0 Å². The van der Waals surface area contributed by atoms with Crippen molar-refractivity contribution in [2.45, 2.75) is 25.5 Å². The maximum atomic E-state index is 13.1. The maximum Gasteiger partial charge on any atom is 0.267 e. The average Bonchev–Trinajstić information content (AvgIpc) is 2.72. The highest BCUT2D eigenvalue weighted by atomic mass is 16.6. The van der Waals surface area contributed by atoms with Crippen molar-refractivity contribution in [1.82, 2.24) is 4.90 Å². The molecule has 0 saturated carbocycles. The van der Waals surface area contributed by atoms with E-state index in [1.807, 2.05) is 48.2 Å². The molecule has 27 heavy (non-hydrogen) atoms. The number of benzene rings is 2. The minimum absolute atomic E-state index is 0.0579. The molecule has 2 aromatic rings. The van der Waals surface area contributed by atoms with Gasteiger partial charge in [0, 0.05) is 6.54 Å².